The fourth-order valence-electron chi connectivity index (χ4n) is 2.44. The molecule has 1 unspecified atom stereocenters. The van der Waals surface area contributed by atoms with Crippen molar-refractivity contribution >= 4 is 11.9 Å². The number of ether oxygens (including phenoxy) is 1. The molecule has 0 spiro atoms. The highest BCUT2D eigenvalue weighted by Gasteiger charge is 2.28. The maximum Gasteiger partial charge on any atom is 0.310 e. The third kappa shape index (κ3) is 3.98. The molecular weight excluding hydrogens is 232 g/mol. The molecule has 1 fully saturated rings. The Balaban J connectivity index is 2.47. The van der Waals surface area contributed by atoms with Crippen molar-refractivity contribution in [3.8, 4) is 0 Å². The maximum atomic E-state index is 12.2. The largest absolute Gasteiger partial charge is 0.469 e. The number of rotatable bonds is 4. The van der Waals surface area contributed by atoms with Crippen LogP contribution in [0.4, 0.5) is 0 Å². The van der Waals surface area contributed by atoms with E-state index < -0.39 is 0 Å². The van der Waals surface area contributed by atoms with Crippen LogP contribution in [-0.2, 0) is 14.3 Å². The Morgan fingerprint density at radius 3 is 2.72 bits per heavy atom. The fraction of sp³-hybridized carbons (Fsp3) is 0.846. The lowest BCUT2D eigenvalue weighted by molar-refractivity contribution is -0.146. The third-order valence-corrected chi connectivity index (χ3v) is 3.50. The number of hydrogen-bond acceptors (Lipinski definition) is 4. The zero-order valence-corrected chi connectivity index (χ0v) is 11.7. The van der Waals surface area contributed by atoms with E-state index in [1.807, 2.05) is 0 Å². The molecule has 1 heterocycles. The highest BCUT2D eigenvalue weighted by atomic mass is 16.5. The van der Waals surface area contributed by atoms with Crippen molar-refractivity contribution in [2.45, 2.75) is 32.7 Å². The Bertz CT molecular complexity index is 307. The summed E-state index contributed by atoms with van der Waals surface area (Å²) >= 11 is 0. The van der Waals surface area contributed by atoms with Crippen LogP contribution >= 0.6 is 0 Å². The van der Waals surface area contributed by atoms with Crippen LogP contribution in [0.25, 0.3) is 0 Å². The van der Waals surface area contributed by atoms with Crippen molar-refractivity contribution < 1.29 is 14.3 Å². The van der Waals surface area contributed by atoms with E-state index in [0.717, 1.165) is 19.4 Å². The second kappa shape index (κ2) is 6.73. The third-order valence-electron chi connectivity index (χ3n) is 3.50. The molecule has 0 aromatic carbocycles. The molecule has 5 nitrogen and oxygen atoms in total. The maximum absolute atomic E-state index is 12.2. The zero-order valence-electron chi connectivity index (χ0n) is 11.7. The van der Waals surface area contributed by atoms with Gasteiger partial charge in [-0.1, -0.05) is 6.92 Å². The van der Waals surface area contributed by atoms with Crippen LogP contribution in [0.2, 0.25) is 0 Å². The Kier molecular flexibility index (Phi) is 5.59. The Labute approximate surface area is 109 Å². The standard InChI is InChI=1S/C13H24N2O3/c1-9(13(17)18-4)8-15(3)12(16)11-5-6-14-10(2)7-11/h9-11,14H,5-8H2,1-4H3/t9?,10-,11-/m0/s1. The first-order valence-electron chi connectivity index (χ1n) is 6.51. The molecular formula is C13H24N2O3. The van der Waals surface area contributed by atoms with Crippen molar-refractivity contribution in [2.24, 2.45) is 11.8 Å². The van der Waals surface area contributed by atoms with Crippen LogP contribution in [0.1, 0.15) is 26.7 Å². The minimum Gasteiger partial charge on any atom is -0.469 e. The second-order valence-electron chi connectivity index (χ2n) is 5.22. The number of hydrogen-bond donors (Lipinski definition) is 1. The highest BCUT2D eigenvalue weighted by molar-refractivity contribution is 5.80. The molecule has 3 atom stereocenters. The van der Waals surface area contributed by atoms with Gasteiger partial charge in [0, 0.05) is 25.6 Å². The summed E-state index contributed by atoms with van der Waals surface area (Å²) in [6.45, 7) is 5.18. The minimum absolute atomic E-state index is 0.0797. The molecule has 0 aromatic rings. The summed E-state index contributed by atoms with van der Waals surface area (Å²) in [4.78, 5) is 25.2. The Morgan fingerprint density at radius 2 is 2.17 bits per heavy atom. The SMILES string of the molecule is COC(=O)C(C)CN(C)C(=O)[C@H]1CCN[C@@H](C)C1. The van der Waals surface area contributed by atoms with Gasteiger partial charge in [0.2, 0.25) is 5.91 Å². The molecule has 1 amide bonds. The predicted molar refractivity (Wildman–Crippen MR) is 69.0 cm³/mol. The summed E-state index contributed by atoms with van der Waals surface area (Å²) in [5.74, 6) is -0.327. The van der Waals surface area contributed by atoms with E-state index in [1.165, 1.54) is 7.11 Å². The highest BCUT2D eigenvalue weighted by Crippen LogP contribution is 2.18. The summed E-state index contributed by atoms with van der Waals surface area (Å²) in [6, 6.07) is 0.388. The van der Waals surface area contributed by atoms with E-state index >= 15 is 0 Å². The average molecular weight is 256 g/mol. The van der Waals surface area contributed by atoms with E-state index in [9.17, 15) is 9.59 Å². The summed E-state index contributed by atoms with van der Waals surface area (Å²) in [6.07, 6.45) is 1.75. The molecule has 0 radical (unpaired) electrons. The summed E-state index contributed by atoms with van der Waals surface area (Å²) < 4.78 is 4.67. The number of carbonyl (C=O) groups is 2. The van der Waals surface area contributed by atoms with E-state index in [-0.39, 0.29) is 23.7 Å². The molecule has 18 heavy (non-hydrogen) atoms. The molecule has 0 saturated carbocycles. The topological polar surface area (TPSA) is 58.6 Å². The van der Waals surface area contributed by atoms with E-state index in [2.05, 4.69) is 17.0 Å². The van der Waals surface area contributed by atoms with Gasteiger partial charge in [0.1, 0.15) is 0 Å². The van der Waals surface area contributed by atoms with E-state index in [4.69, 9.17) is 0 Å². The fourth-order valence-corrected chi connectivity index (χ4v) is 2.44. The lowest BCUT2D eigenvalue weighted by atomic mass is 9.92. The quantitative estimate of drug-likeness (QED) is 0.750. The molecule has 0 aromatic heterocycles. The number of nitrogens with one attached hydrogen (secondary N) is 1. The monoisotopic (exact) mass is 256 g/mol. The van der Waals surface area contributed by atoms with E-state index in [0.29, 0.717) is 12.6 Å². The normalized spacial score (nSPS) is 25.3. The molecule has 1 rings (SSSR count). The number of amides is 1. The number of esters is 1. The van der Waals surface area contributed by atoms with Gasteiger partial charge in [-0.3, -0.25) is 9.59 Å². The van der Waals surface area contributed by atoms with Crippen molar-refractivity contribution in [1.82, 2.24) is 10.2 Å². The van der Waals surface area contributed by atoms with Gasteiger partial charge in [0.25, 0.3) is 0 Å². The molecule has 1 N–H and O–H groups in total. The van der Waals surface area contributed by atoms with Gasteiger partial charge < -0.3 is 15.0 Å². The smallest absolute Gasteiger partial charge is 0.310 e. The zero-order chi connectivity index (χ0) is 13.7. The van der Waals surface area contributed by atoms with Crippen molar-refractivity contribution in [2.75, 3.05) is 27.2 Å². The number of methoxy groups -OCH3 is 1. The van der Waals surface area contributed by atoms with Crippen LogP contribution in [0.5, 0.6) is 0 Å². The Morgan fingerprint density at radius 1 is 1.50 bits per heavy atom. The molecule has 5 heteroatoms. The van der Waals surface area contributed by atoms with Gasteiger partial charge in [-0.25, -0.2) is 0 Å². The molecule has 1 aliphatic rings. The van der Waals surface area contributed by atoms with Crippen LogP contribution in [-0.4, -0.2) is 50.1 Å². The van der Waals surface area contributed by atoms with Crippen molar-refractivity contribution in [3.05, 3.63) is 0 Å². The number of carbonyl (C=O) groups excluding carboxylic acids is 2. The van der Waals surface area contributed by atoms with Crippen molar-refractivity contribution in [3.63, 3.8) is 0 Å². The lowest BCUT2D eigenvalue weighted by Crippen LogP contribution is -2.44. The number of nitrogens with zero attached hydrogens (tertiary/aromatic N) is 1. The van der Waals surface area contributed by atoms with Gasteiger partial charge in [0.15, 0.2) is 0 Å². The van der Waals surface area contributed by atoms with Gasteiger partial charge in [0.05, 0.1) is 13.0 Å². The minimum atomic E-state index is -0.275. The molecule has 0 bridgehead atoms. The van der Waals surface area contributed by atoms with Crippen LogP contribution in [0, 0.1) is 11.8 Å². The van der Waals surface area contributed by atoms with Crippen LogP contribution in [0.3, 0.4) is 0 Å². The first kappa shape index (κ1) is 15.0. The first-order valence-corrected chi connectivity index (χ1v) is 6.51. The molecule has 0 aliphatic carbocycles. The number of piperidine rings is 1. The van der Waals surface area contributed by atoms with Crippen LogP contribution in [0.15, 0.2) is 0 Å². The summed E-state index contributed by atoms with van der Waals surface area (Å²) in [5, 5.41) is 3.33. The van der Waals surface area contributed by atoms with Crippen molar-refractivity contribution in [1.29, 1.82) is 0 Å². The average Bonchev–Trinajstić information content (AvgIpc) is 2.36. The van der Waals surface area contributed by atoms with Gasteiger partial charge in [-0.05, 0) is 26.3 Å². The first-order chi connectivity index (χ1) is 8.45. The van der Waals surface area contributed by atoms with Gasteiger partial charge in [-0.2, -0.15) is 0 Å². The van der Waals surface area contributed by atoms with E-state index in [1.54, 1.807) is 18.9 Å². The predicted octanol–water partition coefficient (Wildman–Crippen LogP) is 0.642. The van der Waals surface area contributed by atoms with Gasteiger partial charge >= 0.3 is 5.97 Å². The Hall–Kier alpha value is -1.10. The van der Waals surface area contributed by atoms with Gasteiger partial charge in [-0.15, -0.1) is 0 Å². The molecule has 1 saturated heterocycles. The van der Waals surface area contributed by atoms with Crippen LogP contribution < -0.4 is 5.32 Å². The molecule has 1 aliphatic heterocycles. The lowest BCUT2D eigenvalue weighted by Gasteiger charge is -2.31. The summed E-state index contributed by atoms with van der Waals surface area (Å²) in [5.41, 5.74) is 0. The summed E-state index contributed by atoms with van der Waals surface area (Å²) in [7, 11) is 3.13. The second-order valence-corrected chi connectivity index (χ2v) is 5.22. The molecule has 104 valence electrons.